The van der Waals surface area contributed by atoms with Crippen LogP contribution in [-0.4, -0.2) is 49.3 Å². The van der Waals surface area contributed by atoms with Gasteiger partial charge in [-0.1, -0.05) is 33.3 Å². The maximum atomic E-state index is 12.9. The van der Waals surface area contributed by atoms with Crippen LogP contribution in [0.15, 0.2) is 18.2 Å². The van der Waals surface area contributed by atoms with Crippen LogP contribution in [0.5, 0.6) is 11.5 Å². The van der Waals surface area contributed by atoms with Crippen molar-refractivity contribution in [3.05, 3.63) is 23.8 Å². The summed E-state index contributed by atoms with van der Waals surface area (Å²) < 4.78 is 10.7. The van der Waals surface area contributed by atoms with E-state index in [1.54, 1.807) is 30.9 Å². The lowest BCUT2D eigenvalue weighted by Gasteiger charge is -2.30. The molecule has 1 N–H and O–H groups in total. The Labute approximate surface area is 166 Å². The van der Waals surface area contributed by atoms with Gasteiger partial charge in [0.2, 0.25) is 11.8 Å². The van der Waals surface area contributed by atoms with Gasteiger partial charge in [0.05, 0.1) is 14.2 Å². The van der Waals surface area contributed by atoms with Gasteiger partial charge in [-0.25, -0.2) is 0 Å². The van der Waals surface area contributed by atoms with Crippen LogP contribution < -0.4 is 14.8 Å². The number of methoxy groups -OCH3 is 2. The Kier molecular flexibility index (Phi) is 7.83. The summed E-state index contributed by atoms with van der Waals surface area (Å²) in [5, 5.41) is 2.75. The summed E-state index contributed by atoms with van der Waals surface area (Å²) in [5.41, 5.74) is 0.926. The molecule has 27 heavy (non-hydrogen) atoms. The molecule has 2 amide bonds. The summed E-state index contributed by atoms with van der Waals surface area (Å²) in [6, 6.07) is 5.19. The third kappa shape index (κ3) is 4.89. The van der Waals surface area contributed by atoms with Gasteiger partial charge in [-0.05, 0) is 24.1 Å². The molecule has 2 unspecified atom stereocenters. The molecule has 2 rings (SSSR count). The number of amides is 2. The van der Waals surface area contributed by atoms with Gasteiger partial charge in [0.25, 0.3) is 0 Å². The first-order valence-corrected chi connectivity index (χ1v) is 10.4. The fourth-order valence-electron chi connectivity index (χ4n) is 3.05. The number of carbonyl (C=O) groups excluding carboxylic acids is 2. The van der Waals surface area contributed by atoms with Crippen LogP contribution in [0, 0.1) is 5.92 Å². The minimum Gasteiger partial charge on any atom is -0.493 e. The summed E-state index contributed by atoms with van der Waals surface area (Å²) >= 11 is 1.61. The molecule has 150 valence electrons. The Hall–Kier alpha value is -1.89. The molecule has 1 aromatic rings. The van der Waals surface area contributed by atoms with E-state index in [1.165, 1.54) is 0 Å². The Morgan fingerprint density at radius 1 is 1.26 bits per heavy atom. The third-order valence-electron chi connectivity index (χ3n) is 4.57. The molecule has 0 radical (unpaired) electrons. The van der Waals surface area contributed by atoms with Gasteiger partial charge in [-0.15, -0.1) is 11.8 Å². The summed E-state index contributed by atoms with van der Waals surface area (Å²) in [6.45, 7) is 6.45. The molecular weight excluding hydrogens is 364 g/mol. The molecule has 1 aliphatic heterocycles. The highest BCUT2D eigenvalue weighted by Gasteiger charge is 2.42. The summed E-state index contributed by atoms with van der Waals surface area (Å²) in [5.74, 6) is 1.55. The molecule has 1 saturated heterocycles. The number of ether oxygens (including phenoxy) is 2. The monoisotopic (exact) mass is 394 g/mol. The second-order valence-corrected chi connectivity index (χ2v) is 7.97. The average molecular weight is 395 g/mol. The van der Waals surface area contributed by atoms with Crippen molar-refractivity contribution in [3.8, 4) is 11.5 Å². The van der Waals surface area contributed by atoms with Crippen LogP contribution >= 0.6 is 11.8 Å². The van der Waals surface area contributed by atoms with E-state index in [0.717, 1.165) is 18.4 Å². The topological polar surface area (TPSA) is 67.9 Å². The summed E-state index contributed by atoms with van der Waals surface area (Å²) in [4.78, 5) is 27.4. The van der Waals surface area contributed by atoms with E-state index in [1.807, 2.05) is 32.0 Å². The molecule has 2 atom stereocenters. The van der Waals surface area contributed by atoms with Crippen LogP contribution in [0.1, 0.15) is 44.6 Å². The lowest BCUT2D eigenvalue weighted by atomic mass is 10.1. The van der Waals surface area contributed by atoms with Gasteiger partial charge < -0.3 is 19.7 Å². The first kappa shape index (κ1) is 21.4. The predicted molar refractivity (Wildman–Crippen MR) is 108 cm³/mol. The number of hydrogen-bond donors (Lipinski definition) is 1. The molecule has 0 bridgehead atoms. The molecular formula is C20H30N2O4S. The number of nitrogens with zero attached hydrogens (tertiary/aromatic N) is 1. The number of hydrogen-bond acceptors (Lipinski definition) is 5. The van der Waals surface area contributed by atoms with Crippen molar-refractivity contribution in [1.82, 2.24) is 10.2 Å². The van der Waals surface area contributed by atoms with Crippen LogP contribution in [0.4, 0.5) is 0 Å². The normalized spacial score (nSPS) is 19.3. The van der Waals surface area contributed by atoms with Crippen molar-refractivity contribution in [2.45, 2.75) is 45.0 Å². The maximum Gasteiger partial charge on any atom is 0.243 e. The van der Waals surface area contributed by atoms with Crippen molar-refractivity contribution in [2.75, 3.05) is 26.5 Å². The Balaban J connectivity index is 2.30. The van der Waals surface area contributed by atoms with E-state index >= 15 is 0 Å². The van der Waals surface area contributed by atoms with E-state index < -0.39 is 6.04 Å². The van der Waals surface area contributed by atoms with Crippen LogP contribution in [0.2, 0.25) is 0 Å². The fourth-order valence-corrected chi connectivity index (χ4v) is 4.47. The highest BCUT2D eigenvalue weighted by molar-refractivity contribution is 7.99. The molecule has 0 spiro atoms. The minimum absolute atomic E-state index is 0.0181. The second-order valence-electron chi connectivity index (χ2n) is 6.86. The van der Waals surface area contributed by atoms with Gasteiger partial charge >= 0.3 is 0 Å². The Bertz CT molecular complexity index is 665. The lowest BCUT2D eigenvalue weighted by Crippen LogP contribution is -2.49. The zero-order valence-corrected chi connectivity index (χ0v) is 17.6. The van der Waals surface area contributed by atoms with E-state index in [0.29, 0.717) is 23.8 Å². The van der Waals surface area contributed by atoms with Crippen LogP contribution in [0.3, 0.4) is 0 Å². The first-order chi connectivity index (χ1) is 12.9. The van der Waals surface area contributed by atoms with Crippen molar-refractivity contribution in [3.63, 3.8) is 0 Å². The minimum atomic E-state index is -0.458. The molecule has 0 aliphatic carbocycles. The van der Waals surface area contributed by atoms with E-state index in [-0.39, 0.29) is 23.1 Å². The average Bonchev–Trinajstić information content (AvgIpc) is 3.11. The number of unbranched alkanes of at least 4 members (excludes halogenated alkanes) is 1. The lowest BCUT2D eigenvalue weighted by molar-refractivity contribution is -0.142. The number of nitrogens with one attached hydrogen (secondary N) is 1. The summed E-state index contributed by atoms with van der Waals surface area (Å²) in [6.07, 6.45) is 1.95. The first-order valence-electron chi connectivity index (χ1n) is 9.38. The van der Waals surface area contributed by atoms with Crippen molar-refractivity contribution >= 4 is 23.6 Å². The van der Waals surface area contributed by atoms with Gasteiger partial charge in [0.15, 0.2) is 11.5 Å². The molecule has 7 heteroatoms. The van der Waals surface area contributed by atoms with Crippen molar-refractivity contribution in [2.24, 2.45) is 5.92 Å². The molecule has 1 fully saturated rings. The summed E-state index contributed by atoms with van der Waals surface area (Å²) in [7, 11) is 3.18. The number of carbonyl (C=O) groups is 2. The number of rotatable bonds is 8. The van der Waals surface area contributed by atoms with Gasteiger partial charge in [-0.2, -0.15) is 0 Å². The Morgan fingerprint density at radius 3 is 2.56 bits per heavy atom. The highest BCUT2D eigenvalue weighted by atomic mass is 32.2. The smallest absolute Gasteiger partial charge is 0.243 e. The van der Waals surface area contributed by atoms with Gasteiger partial charge in [0.1, 0.15) is 11.4 Å². The quantitative estimate of drug-likeness (QED) is 0.686. The number of benzene rings is 1. The van der Waals surface area contributed by atoms with Crippen LogP contribution in [-0.2, 0) is 9.59 Å². The van der Waals surface area contributed by atoms with Gasteiger partial charge in [-0.3, -0.25) is 9.59 Å². The zero-order valence-electron chi connectivity index (χ0n) is 16.8. The van der Waals surface area contributed by atoms with E-state index in [2.05, 4.69) is 12.2 Å². The van der Waals surface area contributed by atoms with Crippen molar-refractivity contribution < 1.29 is 19.1 Å². The largest absolute Gasteiger partial charge is 0.493 e. The Morgan fingerprint density at radius 2 is 1.96 bits per heavy atom. The van der Waals surface area contributed by atoms with Crippen molar-refractivity contribution in [1.29, 1.82) is 0 Å². The number of thioether (sulfide) groups is 1. The third-order valence-corrected chi connectivity index (χ3v) is 5.90. The van der Waals surface area contributed by atoms with Gasteiger partial charge in [0, 0.05) is 18.2 Å². The highest BCUT2D eigenvalue weighted by Crippen LogP contribution is 2.44. The maximum absolute atomic E-state index is 12.9. The fraction of sp³-hybridized carbons (Fsp3) is 0.600. The predicted octanol–water partition coefficient (Wildman–Crippen LogP) is 3.22. The SMILES string of the molecule is CCCCNC(=O)C1CSC(c2ccc(OC)c(OC)c2)N1C(=O)C(C)C. The second kappa shape index (κ2) is 9.88. The molecule has 0 saturated carbocycles. The zero-order chi connectivity index (χ0) is 20.0. The van der Waals surface area contributed by atoms with E-state index in [9.17, 15) is 9.59 Å². The molecule has 6 nitrogen and oxygen atoms in total. The molecule has 1 aromatic carbocycles. The molecule has 0 aromatic heterocycles. The molecule has 1 heterocycles. The molecule has 1 aliphatic rings. The standard InChI is InChI=1S/C20H30N2O4S/c1-6-7-10-21-18(23)15-12-27-20(22(15)19(24)13(2)3)14-8-9-16(25-4)17(11-14)26-5/h8-9,11,13,15,20H,6-7,10,12H2,1-5H3,(H,21,23). The van der Waals surface area contributed by atoms with Crippen LogP contribution in [0.25, 0.3) is 0 Å². The van der Waals surface area contributed by atoms with E-state index in [4.69, 9.17) is 9.47 Å².